The molecule has 5 heteroatoms. The molecule has 1 fully saturated rings. The molecule has 0 spiro atoms. The summed E-state index contributed by atoms with van der Waals surface area (Å²) in [6, 6.07) is 0.570. The van der Waals surface area contributed by atoms with Crippen LogP contribution in [0.3, 0.4) is 0 Å². The molecule has 0 aromatic carbocycles. The Kier molecular flexibility index (Phi) is 6.99. The summed E-state index contributed by atoms with van der Waals surface area (Å²) in [5.41, 5.74) is 0. The van der Waals surface area contributed by atoms with Crippen LogP contribution < -0.4 is 5.32 Å². The smallest absolute Gasteiger partial charge is 0.0897 e. The summed E-state index contributed by atoms with van der Waals surface area (Å²) in [5, 5.41) is 12.7. The minimum Gasteiger partial charge on any atom is -0.389 e. The van der Waals surface area contributed by atoms with E-state index in [0.29, 0.717) is 19.2 Å². The van der Waals surface area contributed by atoms with Gasteiger partial charge in [-0.15, -0.1) is 0 Å². The highest BCUT2D eigenvalue weighted by Gasteiger charge is 2.21. The lowest BCUT2D eigenvalue weighted by Gasteiger charge is -2.35. The second-order valence-corrected chi connectivity index (χ2v) is 4.85. The third kappa shape index (κ3) is 5.79. The highest BCUT2D eigenvalue weighted by Crippen LogP contribution is 2.07. The first-order chi connectivity index (χ1) is 8.13. The molecule has 17 heavy (non-hydrogen) atoms. The average Bonchev–Trinajstić information content (AvgIpc) is 2.30. The van der Waals surface area contributed by atoms with Crippen molar-refractivity contribution in [1.82, 2.24) is 10.2 Å². The number of morpholine rings is 1. The SMILES string of the molecule is COCC(O)CNCC1CN(C(C)C)CCO1. The molecule has 5 nitrogen and oxygen atoms in total. The van der Waals surface area contributed by atoms with Gasteiger partial charge in [0.1, 0.15) is 0 Å². The fourth-order valence-corrected chi connectivity index (χ4v) is 2.00. The Labute approximate surface area is 104 Å². The van der Waals surface area contributed by atoms with E-state index >= 15 is 0 Å². The van der Waals surface area contributed by atoms with Crippen molar-refractivity contribution in [3.05, 3.63) is 0 Å². The molecule has 1 saturated heterocycles. The lowest BCUT2D eigenvalue weighted by atomic mass is 10.2. The summed E-state index contributed by atoms with van der Waals surface area (Å²) in [6.45, 7) is 8.89. The van der Waals surface area contributed by atoms with Gasteiger partial charge in [0, 0.05) is 39.3 Å². The van der Waals surface area contributed by atoms with Gasteiger partial charge >= 0.3 is 0 Å². The van der Waals surface area contributed by atoms with E-state index in [9.17, 15) is 5.11 Å². The van der Waals surface area contributed by atoms with Gasteiger partial charge in [-0.25, -0.2) is 0 Å². The molecule has 0 aromatic rings. The fraction of sp³-hybridized carbons (Fsp3) is 1.00. The first kappa shape index (κ1) is 14.9. The zero-order chi connectivity index (χ0) is 12.7. The first-order valence-corrected chi connectivity index (χ1v) is 6.36. The van der Waals surface area contributed by atoms with Crippen LogP contribution in [0.5, 0.6) is 0 Å². The molecular formula is C12H26N2O3. The molecule has 1 aliphatic heterocycles. The van der Waals surface area contributed by atoms with Gasteiger partial charge in [0.25, 0.3) is 0 Å². The normalized spacial score (nSPS) is 24.2. The predicted octanol–water partition coefficient (Wildman–Crippen LogP) is -0.307. The maximum absolute atomic E-state index is 9.48. The standard InChI is InChI=1S/C12H26N2O3/c1-10(2)14-4-5-17-12(8-14)7-13-6-11(15)9-16-3/h10-13,15H,4-9H2,1-3H3. The third-order valence-electron chi connectivity index (χ3n) is 3.01. The maximum Gasteiger partial charge on any atom is 0.0897 e. The predicted molar refractivity (Wildman–Crippen MR) is 67.2 cm³/mol. The van der Waals surface area contributed by atoms with Crippen LogP contribution in [0, 0.1) is 0 Å². The summed E-state index contributed by atoms with van der Waals surface area (Å²) in [4.78, 5) is 2.42. The van der Waals surface area contributed by atoms with Gasteiger partial charge in [-0.1, -0.05) is 0 Å². The molecule has 0 amide bonds. The van der Waals surface area contributed by atoms with Crippen LogP contribution in [-0.4, -0.2) is 74.8 Å². The number of ether oxygens (including phenoxy) is 2. The van der Waals surface area contributed by atoms with Gasteiger partial charge in [-0.2, -0.15) is 0 Å². The Morgan fingerprint density at radius 2 is 2.29 bits per heavy atom. The highest BCUT2D eigenvalue weighted by molar-refractivity contribution is 4.76. The number of methoxy groups -OCH3 is 1. The minimum absolute atomic E-state index is 0.223. The number of nitrogens with one attached hydrogen (secondary N) is 1. The molecule has 0 aromatic heterocycles. The number of aliphatic hydroxyl groups excluding tert-OH is 1. The summed E-state index contributed by atoms with van der Waals surface area (Å²) in [7, 11) is 1.59. The van der Waals surface area contributed by atoms with Crippen molar-refractivity contribution in [1.29, 1.82) is 0 Å². The quantitative estimate of drug-likeness (QED) is 0.645. The molecule has 0 aliphatic carbocycles. The van der Waals surface area contributed by atoms with Crippen LogP contribution in [0.15, 0.2) is 0 Å². The number of hydrogen-bond donors (Lipinski definition) is 2. The van der Waals surface area contributed by atoms with Gasteiger partial charge in [0.2, 0.25) is 0 Å². The van der Waals surface area contributed by atoms with E-state index in [0.717, 1.165) is 26.2 Å². The van der Waals surface area contributed by atoms with Gasteiger partial charge in [-0.05, 0) is 13.8 Å². The molecule has 102 valence electrons. The molecule has 0 radical (unpaired) electrons. The van der Waals surface area contributed by atoms with Crippen LogP contribution in [-0.2, 0) is 9.47 Å². The number of aliphatic hydroxyl groups is 1. The summed E-state index contributed by atoms with van der Waals surface area (Å²) >= 11 is 0. The Morgan fingerprint density at radius 1 is 1.53 bits per heavy atom. The van der Waals surface area contributed by atoms with E-state index in [-0.39, 0.29) is 6.10 Å². The van der Waals surface area contributed by atoms with E-state index < -0.39 is 6.10 Å². The molecule has 0 bridgehead atoms. The van der Waals surface area contributed by atoms with Crippen molar-refractivity contribution in [2.75, 3.05) is 46.5 Å². The molecule has 1 rings (SSSR count). The Hall–Kier alpha value is -0.200. The van der Waals surface area contributed by atoms with Crippen molar-refractivity contribution in [2.24, 2.45) is 0 Å². The number of nitrogens with zero attached hydrogens (tertiary/aromatic N) is 1. The van der Waals surface area contributed by atoms with Crippen molar-refractivity contribution >= 4 is 0 Å². The van der Waals surface area contributed by atoms with Crippen molar-refractivity contribution in [2.45, 2.75) is 32.1 Å². The lowest BCUT2D eigenvalue weighted by Crippen LogP contribution is -2.49. The lowest BCUT2D eigenvalue weighted by molar-refractivity contribution is -0.0385. The largest absolute Gasteiger partial charge is 0.389 e. The van der Waals surface area contributed by atoms with E-state index in [2.05, 4.69) is 24.1 Å². The van der Waals surface area contributed by atoms with Crippen LogP contribution in [0.1, 0.15) is 13.8 Å². The molecule has 2 N–H and O–H groups in total. The van der Waals surface area contributed by atoms with Gasteiger partial charge < -0.3 is 19.9 Å². The Bertz CT molecular complexity index is 202. The summed E-state index contributed by atoms with van der Waals surface area (Å²) in [5.74, 6) is 0. The minimum atomic E-state index is -0.440. The van der Waals surface area contributed by atoms with E-state index in [4.69, 9.17) is 9.47 Å². The van der Waals surface area contributed by atoms with Crippen LogP contribution in [0.2, 0.25) is 0 Å². The van der Waals surface area contributed by atoms with Crippen molar-refractivity contribution in [3.63, 3.8) is 0 Å². The first-order valence-electron chi connectivity index (χ1n) is 6.36. The molecule has 2 atom stereocenters. The van der Waals surface area contributed by atoms with E-state index in [1.54, 1.807) is 7.11 Å². The van der Waals surface area contributed by atoms with Gasteiger partial charge in [0.15, 0.2) is 0 Å². The zero-order valence-corrected chi connectivity index (χ0v) is 11.2. The van der Waals surface area contributed by atoms with Crippen molar-refractivity contribution < 1.29 is 14.6 Å². The molecule has 0 saturated carbocycles. The third-order valence-corrected chi connectivity index (χ3v) is 3.01. The number of rotatable bonds is 7. The highest BCUT2D eigenvalue weighted by atomic mass is 16.5. The van der Waals surface area contributed by atoms with E-state index in [1.165, 1.54) is 0 Å². The topological polar surface area (TPSA) is 54.0 Å². The zero-order valence-electron chi connectivity index (χ0n) is 11.2. The second kappa shape index (κ2) is 8.00. The monoisotopic (exact) mass is 246 g/mol. The van der Waals surface area contributed by atoms with Crippen molar-refractivity contribution in [3.8, 4) is 0 Å². The molecule has 1 aliphatic rings. The molecule has 1 heterocycles. The van der Waals surface area contributed by atoms with Crippen LogP contribution in [0.4, 0.5) is 0 Å². The second-order valence-electron chi connectivity index (χ2n) is 4.85. The van der Waals surface area contributed by atoms with Crippen LogP contribution in [0.25, 0.3) is 0 Å². The molecule has 2 unspecified atom stereocenters. The summed E-state index contributed by atoms with van der Waals surface area (Å²) < 4.78 is 10.5. The van der Waals surface area contributed by atoms with Gasteiger partial charge in [0.05, 0.1) is 25.4 Å². The Balaban J connectivity index is 2.14. The molecular weight excluding hydrogens is 220 g/mol. The fourth-order valence-electron chi connectivity index (χ4n) is 2.00. The Morgan fingerprint density at radius 3 is 2.94 bits per heavy atom. The summed E-state index contributed by atoms with van der Waals surface area (Å²) in [6.07, 6.45) is -0.217. The maximum atomic E-state index is 9.48. The van der Waals surface area contributed by atoms with Gasteiger partial charge in [-0.3, -0.25) is 4.90 Å². The number of hydrogen-bond acceptors (Lipinski definition) is 5. The van der Waals surface area contributed by atoms with E-state index in [1.807, 2.05) is 0 Å². The van der Waals surface area contributed by atoms with Crippen LogP contribution >= 0.6 is 0 Å². The average molecular weight is 246 g/mol.